The number of carbonyl (C=O) groups is 2. The van der Waals surface area contributed by atoms with Crippen molar-refractivity contribution in [1.82, 2.24) is 4.98 Å². The van der Waals surface area contributed by atoms with Crippen molar-refractivity contribution in [2.45, 2.75) is 0 Å². The third-order valence-electron chi connectivity index (χ3n) is 2.51. The van der Waals surface area contributed by atoms with Gasteiger partial charge in [0, 0.05) is 6.20 Å². The van der Waals surface area contributed by atoms with Crippen LogP contribution in [-0.4, -0.2) is 32.2 Å². The van der Waals surface area contributed by atoms with E-state index in [4.69, 9.17) is 5.11 Å². The van der Waals surface area contributed by atoms with E-state index in [1.807, 2.05) is 0 Å². The number of aromatic hydroxyl groups is 2. The lowest BCUT2D eigenvalue weighted by molar-refractivity contribution is 0.0691. The smallest absolute Gasteiger partial charge is 0.356 e. The molecule has 7 heteroatoms. The Labute approximate surface area is 113 Å². The first-order chi connectivity index (χ1) is 9.50. The van der Waals surface area contributed by atoms with Crippen LogP contribution in [0, 0.1) is 0 Å². The number of aromatic nitrogens is 1. The molecule has 4 N–H and O–H groups in total. The predicted molar refractivity (Wildman–Crippen MR) is 68.9 cm³/mol. The average Bonchev–Trinajstić information content (AvgIpc) is 2.38. The number of amides is 1. The lowest BCUT2D eigenvalue weighted by Crippen LogP contribution is -2.16. The number of nitrogens with zero attached hydrogens (tertiary/aromatic N) is 1. The number of carboxylic acids is 1. The van der Waals surface area contributed by atoms with Crippen molar-refractivity contribution in [2.24, 2.45) is 0 Å². The molecular formula is C13H10N2O5. The van der Waals surface area contributed by atoms with Gasteiger partial charge in [0.2, 0.25) is 0 Å². The van der Waals surface area contributed by atoms with E-state index >= 15 is 0 Å². The number of hydrogen-bond acceptors (Lipinski definition) is 5. The first-order valence-corrected chi connectivity index (χ1v) is 5.51. The molecule has 0 saturated carbocycles. The minimum atomic E-state index is -1.30. The van der Waals surface area contributed by atoms with Gasteiger partial charge in [-0.2, -0.15) is 0 Å². The largest absolute Gasteiger partial charge is 0.507 e. The number of phenols is 2. The molecule has 0 atom stereocenters. The first-order valence-electron chi connectivity index (χ1n) is 5.51. The molecule has 2 aromatic rings. The minimum Gasteiger partial charge on any atom is -0.507 e. The maximum atomic E-state index is 12.0. The monoisotopic (exact) mass is 274 g/mol. The maximum absolute atomic E-state index is 12.0. The second-order valence-electron chi connectivity index (χ2n) is 3.83. The number of anilines is 1. The Bertz CT molecular complexity index is 664. The molecule has 0 radical (unpaired) electrons. The van der Waals surface area contributed by atoms with Gasteiger partial charge in [-0.15, -0.1) is 0 Å². The van der Waals surface area contributed by atoms with Crippen LogP contribution < -0.4 is 5.32 Å². The van der Waals surface area contributed by atoms with Gasteiger partial charge in [0.05, 0.1) is 5.69 Å². The second-order valence-corrected chi connectivity index (χ2v) is 3.83. The van der Waals surface area contributed by atoms with Gasteiger partial charge in [0.15, 0.2) is 5.69 Å². The van der Waals surface area contributed by atoms with Crippen LogP contribution in [-0.2, 0) is 0 Å². The molecule has 102 valence electrons. The van der Waals surface area contributed by atoms with Gasteiger partial charge in [-0.1, -0.05) is 6.07 Å². The molecule has 0 unspecified atom stereocenters. The molecule has 0 saturated heterocycles. The number of rotatable bonds is 3. The van der Waals surface area contributed by atoms with Crippen LogP contribution in [0.25, 0.3) is 0 Å². The summed E-state index contributed by atoms with van der Waals surface area (Å²) < 4.78 is 0. The van der Waals surface area contributed by atoms with Crippen LogP contribution in [0.2, 0.25) is 0 Å². The van der Waals surface area contributed by atoms with E-state index in [1.165, 1.54) is 36.5 Å². The Morgan fingerprint density at radius 3 is 2.30 bits per heavy atom. The summed E-state index contributed by atoms with van der Waals surface area (Å²) in [6.45, 7) is 0. The molecule has 0 spiro atoms. The summed E-state index contributed by atoms with van der Waals surface area (Å²) in [6.07, 6.45) is 1.27. The average molecular weight is 274 g/mol. The second kappa shape index (κ2) is 5.27. The van der Waals surface area contributed by atoms with Crippen LogP contribution in [0.5, 0.6) is 11.5 Å². The molecule has 0 bridgehead atoms. The van der Waals surface area contributed by atoms with Crippen LogP contribution in [0.1, 0.15) is 20.8 Å². The lowest BCUT2D eigenvalue weighted by atomic mass is 10.1. The molecule has 1 aromatic carbocycles. The van der Waals surface area contributed by atoms with Crippen LogP contribution >= 0.6 is 0 Å². The van der Waals surface area contributed by atoms with Gasteiger partial charge in [0.25, 0.3) is 5.91 Å². The third-order valence-corrected chi connectivity index (χ3v) is 2.51. The Balaban J connectivity index is 2.36. The van der Waals surface area contributed by atoms with Crippen molar-refractivity contribution in [3.8, 4) is 11.5 Å². The molecule has 7 nitrogen and oxygen atoms in total. The van der Waals surface area contributed by atoms with Crippen molar-refractivity contribution in [3.05, 3.63) is 47.8 Å². The van der Waals surface area contributed by atoms with Crippen molar-refractivity contribution >= 4 is 17.6 Å². The maximum Gasteiger partial charge on any atom is 0.356 e. The number of benzene rings is 1. The molecule has 0 aliphatic rings. The Hall–Kier alpha value is -3.09. The van der Waals surface area contributed by atoms with Gasteiger partial charge >= 0.3 is 5.97 Å². The zero-order chi connectivity index (χ0) is 14.7. The molecule has 1 heterocycles. The Morgan fingerprint density at radius 2 is 1.70 bits per heavy atom. The lowest BCUT2D eigenvalue weighted by Gasteiger charge is -2.09. The molecule has 1 aromatic heterocycles. The van der Waals surface area contributed by atoms with Gasteiger partial charge < -0.3 is 20.6 Å². The summed E-state index contributed by atoms with van der Waals surface area (Å²) >= 11 is 0. The molecule has 0 aliphatic heterocycles. The van der Waals surface area contributed by atoms with Crippen molar-refractivity contribution in [1.29, 1.82) is 0 Å². The zero-order valence-electron chi connectivity index (χ0n) is 10.1. The highest BCUT2D eigenvalue weighted by molar-refractivity contribution is 6.10. The third kappa shape index (κ3) is 2.51. The molecule has 2 rings (SSSR count). The van der Waals surface area contributed by atoms with Crippen molar-refractivity contribution < 1.29 is 24.9 Å². The highest BCUT2D eigenvalue weighted by atomic mass is 16.4. The van der Waals surface area contributed by atoms with E-state index in [9.17, 15) is 19.8 Å². The number of aromatic carboxylic acids is 1. The SMILES string of the molecule is O=C(O)c1ncccc1NC(=O)c1c(O)cccc1O. The first kappa shape index (κ1) is 13.3. The number of carbonyl (C=O) groups excluding carboxylic acids is 1. The molecule has 20 heavy (non-hydrogen) atoms. The van der Waals surface area contributed by atoms with Gasteiger partial charge in [-0.3, -0.25) is 4.79 Å². The molecule has 1 amide bonds. The van der Waals surface area contributed by atoms with E-state index in [2.05, 4.69) is 10.3 Å². The van der Waals surface area contributed by atoms with Gasteiger partial charge in [-0.05, 0) is 24.3 Å². The zero-order valence-corrected chi connectivity index (χ0v) is 10.1. The summed E-state index contributed by atoms with van der Waals surface area (Å²) in [7, 11) is 0. The topological polar surface area (TPSA) is 120 Å². The van der Waals surface area contributed by atoms with Crippen LogP contribution in [0.3, 0.4) is 0 Å². The highest BCUT2D eigenvalue weighted by Crippen LogP contribution is 2.27. The van der Waals surface area contributed by atoms with E-state index in [0.29, 0.717) is 0 Å². The minimum absolute atomic E-state index is 0.0346. The Morgan fingerprint density at radius 1 is 1.05 bits per heavy atom. The van der Waals surface area contributed by atoms with E-state index in [-0.39, 0.29) is 16.9 Å². The number of pyridine rings is 1. The van der Waals surface area contributed by atoms with Crippen LogP contribution in [0.4, 0.5) is 5.69 Å². The summed E-state index contributed by atoms with van der Waals surface area (Å²) in [5.74, 6) is -2.97. The number of hydrogen-bond donors (Lipinski definition) is 4. The predicted octanol–water partition coefficient (Wildman–Crippen LogP) is 1.44. The standard InChI is InChI=1S/C13H10N2O5/c16-8-4-1-5-9(17)10(8)12(18)15-7-3-2-6-14-11(7)13(19)20/h1-6,16-17H,(H,15,18)(H,19,20). The molecule has 0 fully saturated rings. The molecular weight excluding hydrogens is 264 g/mol. The number of phenolic OH excluding ortho intramolecular Hbond substituents is 2. The van der Waals surface area contributed by atoms with Crippen LogP contribution in [0.15, 0.2) is 36.5 Å². The highest BCUT2D eigenvalue weighted by Gasteiger charge is 2.19. The molecule has 0 aliphatic carbocycles. The van der Waals surface area contributed by atoms with Gasteiger partial charge in [-0.25, -0.2) is 9.78 Å². The fraction of sp³-hybridized carbons (Fsp3) is 0. The quantitative estimate of drug-likeness (QED) is 0.672. The normalized spacial score (nSPS) is 10.0. The van der Waals surface area contributed by atoms with Gasteiger partial charge in [0.1, 0.15) is 17.1 Å². The van der Waals surface area contributed by atoms with E-state index in [1.54, 1.807) is 0 Å². The summed E-state index contributed by atoms with van der Waals surface area (Å²) in [4.78, 5) is 26.6. The number of carboxylic acid groups (broad SMARTS) is 1. The number of nitrogens with one attached hydrogen (secondary N) is 1. The summed E-state index contributed by atoms with van der Waals surface area (Å²) in [5.41, 5.74) is -0.712. The van der Waals surface area contributed by atoms with Crippen molar-refractivity contribution in [3.63, 3.8) is 0 Å². The summed E-state index contributed by atoms with van der Waals surface area (Å²) in [6, 6.07) is 6.64. The Kier molecular flexibility index (Phi) is 3.52. The van der Waals surface area contributed by atoms with Crippen molar-refractivity contribution in [2.75, 3.05) is 5.32 Å². The van der Waals surface area contributed by atoms with E-state index < -0.39 is 23.4 Å². The fourth-order valence-electron chi connectivity index (χ4n) is 1.62. The summed E-state index contributed by atoms with van der Waals surface area (Å²) in [5, 5.41) is 30.4. The fourth-order valence-corrected chi connectivity index (χ4v) is 1.62. The van der Waals surface area contributed by atoms with E-state index in [0.717, 1.165) is 0 Å².